The van der Waals surface area contributed by atoms with Gasteiger partial charge in [-0.1, -0.05) is 0 Å². The van der Waals surface area contributed by atoms with Gasteiger partial charge in [0, 0.05) is 38.6 Å². The molecule has 3 heterocycles. The van der Waals surface area contributed by atoms with E-state index in [9.17, 15) is 0 Å². The Labute approximate surface area is 117 Å². The maximum atomic E-state index is 9.11. The highest BCUT2D eigenvalue weighted by atomic mass is 15.3. The van der Waals surface area contributed by atoms with Crippen LogP contribution in [-0.2, 0) is 0 Å². The zero-order chi connectivity index (χ0) is 13.8. The molecule has 0 atom stereocenters. The molecule has 100 valence electrons. The van der Waals surface area contributed by atoms with Gasteiger partial charge in [0.05, 0.1) is 5.69 Å². The van der Waals surface area contributed by atoms with Crippen molar-refractivity contribution in [3.05, 3.63) is 42.6 Å². The number of pyridine rings is 1. The molecule has 0 unspecified atom stereocenters. The Hall–Kier alpha value is -2.68. The first-order valence-corrected chi connectivity index (χ1v) is 6.49. The van der Waals surface area contributed by atoms with E-state index in [1.54, 1.807) is 18.7 Å². The molecule has 0 bridgehead atoms. The molecule has 2 aromatic heterocycles. The standard InChI is InChI=1S/C14H14N6/c15-10-12-13(2-1-4-17-12)19-6-8-20(9-7-19)14-3-5-16-11-18-14/h1-5,11H,6-9H2. The summed E-state index contributed by atoms with van der Waals surface area (Å²) < 4.78 is 0. The van der Waals surface area contributed by atoms with E-state index in [0.717, 1.165) is 37.7 Å². The molecule has 0 aliphatic carbocycles. The number of aromatic nitrogens is 3. The van der Waals surface area contributed by atoms with E-state index in [4.69, 9.17) is 5.26 Å². The second-order valence-electron chi connectivity index (χ2n) is 4.52. The molecule has 0 saturated carbocycles. The number of hydrogen-bond acceptors (Lipinski definition) is 6. The molecule has 2 aromatic rings. The van der Waals surface area contributed by atoms with Crippen molar-refractivity contribution in [2.45, 2.75) is 0 Å². The molecule has 6 nitrogen and oxygen atoms in total. The number of nitriles is 1. The number of rotatable bonds is 2. The van der Waals surface area contributed by atoms with Gasteiger partial charge in [-0.15, -0.1) is 0 Å². The lowest BCUT2D eigenvalue weighted by atomic mass is 10.2. The molecule has 0 N–H and O–H groups in total. The van der Waals surface area contributed by atoms with Crippen molar-refractivity contribution < 1.29 is 0 Å². The molecule has 0 radical (unpaired) electrons. The first-order valence-electron chi connectivity index (χ1n) is 6.49. The summed E-state index contributed by atoms with van der Waals surface area (Å²) in [4.78, 5) is 16.7. The molecule has 0 amide bonds. The lowest BCUT2D eigenvalue weighted by molar-refractivity contribution is 0.645. The summed E-state index contributed by atoms with van der Waals surface area (Å²) in [5.41, 5.74) is 1.40. The molecule has 20 heavy (non-hydrogen) atoms. The third-order valence-electron chi connectivity index (χ3n) is 3.40. The molecule has 0 aromatic carbocycles. The average molecular weight is 266 g/mol. The summed E-state index contributed by atoms with van der Waals surface area (Å²) in [5.74, 6) is 0.950. The Morgan fingerprint density at radius 1 is 1.00 bits per heavy atom. The highest BCUT2D eigenvalue weighted by molar-refractivity contribution is 5.57. The van der Waals surface area contributed by atoms with Gasteiger partial charge in [0.2, 0.25) is 0 Å². The minimum Gasteiger partial charge on any atom is -0.366 e. The molecule has 6 heteroatoms. The van der Waals surface area contributed by atoms with Gasteiger partial charge in [-0.05, 0) is 18.2 Å². The Balaban J connectivity index is 1.72. The first kappa shape index (κ1) is 12.4. The Morgan fingerprint density at radius 2 is 1.80 bits per heavy atom. The molecular weight excluding hydrogens is 252 g/mol. The third-order valence-corrected chi connectivity index (χ3v) is 3.40. The first-order chi connectivity index (χ1) is 9.88. The van der Waals surface area contributed by atoms with Crippen LogP contribution in [0.1, 0.15) is 5.69 Å². The summed E-state index contributed by atoms with van der Waals surface area (Å²) in [6.45, 7) is 3.45. The van der Waals surface area contributed by atoms with Crippen molar-refractivity contribution in [2.75, 3.05) is 36.0 Å². The minimum atomic E-state index is 0.489. The van der Waals surface area contributed by atoms with Gasteiger partial charge in [-0.3, -0.25) is 0 Å². The predicted octanol–water partition coefficient (Wildman–Crippen LogP) is 1.07. The van der Waals surface area contributed by atoms with Crippen molar-refractivity contribution in [3.63, 3.8) is 0 Å². The van der Waals surface area contributed by atoms with Gasteiger partial charge in [0.1, 0.15) is 18.2 Å². The van der Waals surface area contributed by atoms with Crippen LogP contribution in [0.15, 0.2) is 36.9 Å². The largest absolute Gasteiger partial charge is 0.366 e. The third kappa shape index (κ3) is 2.38. The van der Waals surface area contributed by atoms with E-state index in [1.165, 1.54) is 0 Å². The smallest absolute Gasteiger partial charge is 0.163 e. The maximum Gasteiger partial charge on any atom is 0.163 e. The van der Waals surface area contributed by atoms with Crippen molar-refractivity contribution in [1.29, 1.82) is 5.26 Å². The SMILES string of the molecule is N#Cc1ncccc1N1CCN(c2ccncn2)CC1. The maximum absolute atomic E-state index is 9.11. The van der Waals surface area contributed by atoms with Crippen LogP contribution >= 0.6 is 0 Å². The van der Waals surface area contributed by atoms with Crippen LogP contribution in [0, 0.1) is 11.3 Å². The monoisotopic (exact) mass is 266 g/mol. The van der Waals surface area contributed by atoms with Crippen LogP contribution in [-0.4, -0.2) is 41.1 Å². The van der Waals surface area contributed by atoms with Gasteiger partial charge >= 0.3 is 0 Å². The lowest BCUT2D eigenvalue weighted by Crippen LogP contribution is -2.47. The fourth-order valence-electron chi connectivity index (χ4n) is 2.39. The van der Waals surface area contributed by atoms with E-state index in [-0.39, 0.29) is 0 Å². The van der Waals surface area contributed by atoms with E-state index >= 15 is 0 Å². The topological polar surface area (TPSA) is 68.9 Å². The van der Waals surface area contributed by atoms with Crippen LogP contribution in [0.4, 0.5) is 11.5 Å². The summed E-state index contributed by atoms with van der Waals surface area (Å²) in [6, 6.07) is 7.88. The zero-order valence-corrected chi connectivity index (χ0v) is 11.0. The Morgan fingerprint density at radius 3 is 2.50 bits per heavy atom. The Kier molecular flexibility index (Phi) is 3.42. The summed E-state index contributed by atoms with van der Waals surface area (Å²) in [7, 11) is 0. The zero-order valence-electron chi connectivity index (χ0n) is 11.0. The van der Waals surface area contributed by atoms with Crippen molar-refractivity contribution in [3.8, 4) is 6.07 Å². The van der Waals surface area contributed by atoms with Gasteiger partial charge in [0.15, 0.2) is 5.69 Å². The molecule has 3 rings (SSSR count). The molecule has 1 aliphatic heterocycles. The fraction of sp³-hybridized carbons (Fsp3) is 0.286. The van der Waals surface area contributed by atoms with Crippen LogP contribution in [0.2, 0.25) is 0 Å². The van der Waals surface area contributed by atoms with Crippen LogP contribution in [0.25, 0.3) is 0 Å². The molecular formula is C14H14N6. The second-order valence-corrected chi connectivity index (χ2v) is 4.52. The van der Waals surface area contributed by atoms with E-state index < -0.39 is 0 Å². The van der Waals surface area contributed by atoms with Gasteiger partial charge in [0.25, 0.3) is 0 Å². The van der Waals surface area contributed by atoms with Crippen LogP contribution in [0.5, 0.6) is 0 Å². The van der Waals surface area contributed by atoms with Crippen molar-refractivity contribution in [1.82, 2.24) is 15.0 Å². The van der Waals surface area contributed by atoms with Crippen molar-refractivity contribution >= 4 is 11.5 Å². The second kappa shape index (κ2) is 5.53. The summed E-state index contributed by atoms with van der Waals surface area (Å²) in [5, 5.41) is 9.11. The normalized spacial score (nSPS) is 14.9. The summed E-state index contributed by atoms with van der Waals surface area (Å²) in [6.07, 6.45) is 4.97. The molecule has 1 saturated heterocycles. The molecule has 1 fully saturated rings. The average Bonchev–Trinajstić information content (AvgIpc) is 2.56. The van der Waals surface area contributed by atoms with E-state index in [0.29, 0.717) is 5.69 Å². The highest BCUT2D eigenvalue weighted by Gasteiger charge is 2.20. The predicted molar refractivity (Wildman–Crippen MR) is 75.4 cm³/mol. The lowest BCUT2D eigenvalue weighted by Gasteiger charge is -2.36. The number of anilines is 2. The van der Waals surface area contributed by atoms with Crippen molar-refractivity contribution in [2.24, 2.45) is 0 Å². The fourth-order valence-corrected chi connectivity index (χ4v) is 2.39. The van der Waals surface area contributed by atoms with Gasteiger partial charge in [-0.2, -0.15) is 5.26 Å². The minimum absolute atomic E-state index is 0.489. The quantitative estimate of drug-likeness (QED) is 0.810. The van der Waals surface area contributed by atoms with E-state index in [1.807, 2.05) is 18.2 Å². The number of piperazine rings is 1. The van der Waals surface area contributed by atoms with Gasteiger partial charge in [-0.25, -0.2) is 15.0 Å². The summed E-state index contributed by atoms with van der Waals surface area (Å²) >= 11 is 0. The van der Waals surface area contributed by atoms with Crippen LogP contribution < -0.4 is 9.80 Å². The molecule has 1 aliphatic rings. The Bertz CT molecular complexity index is 613. The highest BCUT2D eigenvalue weighted by Crippen LogP contribution is 2.20. The number of nitrogens with zero attached hydrogens (tertiary/aromatic N) is 6. The van der Waals surface area contributed by atoms with Gasteiger partial charge < -0.3 is 9.80 Å². The van der Waals surface area contributed by atoms with E-state index in [2.05, 4.69) is 30.8 Å². The molecule has 0 spiro atoms. The number of hydrogen-bond donors (Lipinski definition) is 0. The van der Waals surface area contributed by atoms with Crippen LogP contribution in [0.3, 0.4) is 0 Å².